The van der Waals surface area contributed by atoms with Gasteiger partial charge in [-0.2, -0.15) is 0 Å². The van der Waals surface area contributed by atoms with Crippen LogP contribution >= 0.6 is 0 Å². The normalized spacial score (nSPS) is 18.9. The maximum absolute atomic E-state index is 12.9. The molecule has 0 spiro atoms. The van der Waals surface area contributed by atoms with E-state index >= 15 is 0 Å². The van der Waals surface area contributed by atoms with Crippen molar-refractivity contribution >= 4 is 23.1 Å². The number of benzene rings is 2. The molecule has 26 heavy (non-hydrogen) atoms. The van der Waals surface area contributed by atoms with Gasteiger partial charge in [-0.1, -0.05) is 30.3 Å². The van der Waals surface area contributed by atoms with Crippen LogP contribution in [0.25, 0.3) is 0 Å². The quantitative estimate of drug-likeness (QED) is 0.505. The number of Topliss-reactive ketones (excluding diaryl/α,β-unsaturated/α-hetero) is 1. The molecule has 0 saturated heterocycles. The number of nitro benzene ring substituents is 1. The number of fused-ring (bicyclic) bond motifs is 1. The van der Waals surface area contributed by atoms with Gasteiger partial charge in [-0.25, -0.2) is 0 Å². The first-order chi connectivity index (χ1) is 12.3. The summed E-state index contributed by atoms with van der Waals surface area (Å²) in [6, 6.07) is 11.9. The summed E-state index contributed by atoms with van der Waals surface area (Å²) in [5, 5.41) is 22.0. The van der Waals surface area contributed by atoms with E-state index in [0.29, 0.717) is 11.3 Å². The first-order valence-corrected chi connectivity index (χ1v) is 8.19. The zero-order valence-corrected chi connectivity index (χ0v) is 14.4. The number of non-ortho nitro benzene ring substituents is 1. The monoisotopic (exact) mass is 354 g/mol. The van der Waals surface area contributed by atoms with Crippen molar-refractivity contribution in [2.75, 3.05) is 4.90 Å². The number of aliphatic hydroxyl groups is 1. The summed E-state index contributed by atoms with van der Waals surface area (Å²) >= 11 is 0. The van der Waals surface area contributed by atoms with Crippen molar-refractivity contribution in [1.82, 2.24) is 0 Å². The molecule has 1 aliphatic rings. The molecule has 1 unspecified atom stereocenters. The zero-order chi connectivity index (χ0) is 19.1. The van der Waals surface area contributed by atoms with Crippen LogP contribution in [0.5, 0.6) is 0 Å². The third kappa shape index (κ3) is 2.76. The highest BCUT2D eigenvalue weighted by Gasteiger charge is 2.51. The predicted octanol–water partition coefficient (Wildman–Crippen LogP) is 2.81. The minimum atomic E-state index is -1.98. The lowest BCUT2D eigenvalue weighted by Gasteiger charge is -2.25. The van der Waals surface area contributed by atoms with Crippen LogP contribution in [-0.2, 0) is 10.4 Å². The third-order valence-corrected chi connectivity index (χ3v) is 4.49. The molecular formula is C19H18N2O5. The Labute approximate surface area is 150 Å². The molecule has 1 atom stereocenters. The van der Waals surface area contributed by atoms with Gasteiger partial charge in [-0.3, -0.25) is 19.7 Å². The fourth-order valence-corrected chi connectivity index (χ4v) is 3.27. The van der Waals surface area contributed by atoms with E-state index < -0.39 is 28.6 Å². The van der Waals surface area contributed by atoms with Crippen molar-refractivity contribution in [3.05, 3.63) is 69.8 Å². The molecule has 0 saturated carbocycles. The van der Waals surface area contributed by atoms with Gasteiger partial charge in [-0.05, 0) is 19.9 Å². The van der Waals surface area contributed by atoms with Crippen LogP contribution in [0.1, 0.15) is 36.2 Å². The molecular weight excluding hydrogens is 336 g/mol. The van der Waals surface area contributed by atoms with E-state index in [1.807, 2.05) is 13.8 Å². The standard InChI is InChI=1S/C19H18N2O5/c1-12(2)20-16-9-4-3-8-15(16)19(24,18(20)23)11-17(22)13-6-5-7-14(10-13)21(25)26/h3-10,12,24H,11H2,1-2H3. The van der Waals surface area contributed by atoms with Crippen molar-refractivity contribution in [2.45, 2.75) is 31.9 Å². The van der Waals surface area contributed by atoms with E-state index in [4.69, 9.17) is 0 Å². The molecule has 1 aliphatic heterocycles. The SMILES string of the molecule is CC(C)N1C(=O)C(O)(CC(=O)c2cccc([N+](=O)[O-])c2)c2ccccc21. The highest BCUT2D eigenvalue weighted by atomic mass is 16.6. The highest BCUT2D eigenvalue weighted by Crippen LogP contribution is 2.43. The fourth-order valence-electron chi connectivity index (χ4n) is 3.27. The Morgan fingerprint density at radius 2 is 1.92 bits per heavy atom. The molecule has 1 N–H and O–H groups in total. The highest BCUT2D eigenvalue weighted by molar-refractivity contribution is 6.11. The zero-order valence-electron chi connectivity index (χ0n) is 14.4. The summed E-state index contributed by atoms with van der Waals surface area (Å²) in [6.45, 7) is 3.64. The predicted molar refractivity (Wildman–Crippen MR) is 95.0 cm³/mol. The second kappa shape index (κ2) is 6.34. The van der Waals surface area contributed by atoms with Gasteiger partial charge in [0, 0.05) is 29.3 Å². The molecule has 7 nitrogen and oxygen atoms in total. The Morgan fingerprint density at radius 3 is 2.58 bits per heavy atom. The maximum atomic E-state index is 12.9. The van der Waals surface area contributed by atoms with E-state index in [1.54, 1.807) is 24.3 Å². The van der Waals surface area contributed by atoms with E-state index in [1.165, 1.54) is 23.1 Å². The number of anilines is 1. The molecule has 2 aromatic rings. The second-order valence-corrected chi connectivity index (χ2v) is 6.55. The number of hydrogen-bond acceptors (Lipinski definition) is 5. The van der Waals surface area contributed by atoms with Gasteiger partial charge in [0.1, 0.15) is 0 Å². The van der Waals surface area contributed by atoms with Crippen molar-refractivity contribution < 1.29 is 19.6 Å². The molecule has 3 rings (SSSR count). The molecule has 1 heterocycles. The number of ketones is 1. The largest absolute Gasteiger partial charge is 0.375 e. The average Bonchev–Trinajstić information content (AvgIpc) is 2.83. The minimum absolute atomic E-state index is 0.0842. The number of nitro groups is 1. The summed E-state index contributed by atoms with van der Waals surface area (Å²) in [7, 11) is 0. The minimum Gasteiger partial charge on any atom is -0.375 e. The van der Waals surface area contributed by atoms with Gasteiger partial charge in [-0.15, -0.1) is 0 Å². The topological polar surface area (TPSA) is 101 Å². The lowest BCUT2D eigenvalue weighted by molar-refractivity contribution is -0.384. The lowest BCUT2D eigenvalue weighted by atomic mass is 9.88. The van der Waals surface area contributed by atoms with Crippen LogP contribution in [0, 0.1) is 10.1 Å². The smallest absolute Gasteiger partial charge is 0.270 e. The van der Waals surface area contributed by atoms with E-state index in [9.17, 15) is 24.8 Å². The van der Waals surface area contributed by atoms with Crippen LogP contribution in [0.2, 0.25) is 0 Å². The summed E-state index contributed by atoms with van der Waals surface area (Å²) in [5.41, 5.74) is -1.17. The van der Waals surface area contributed by atoms with Crippen LogP contribution in [0.4, 0.5) is 11.4 Å². The Balaban J connectivity index is 1.98. The maximum Gasteiger partial charge on any atom is 0.270 e. The second-order valence-electron chi connectivity index (χ2n) is 6.55. The first-order valence-electron chi connectivity index (χ1n) is 8.19. The molecule has 2 aromatic carbocycles. The first kappa shape index (κ1) is 17.8. The van der Waals surface area contributed by atoms with Gasteiger partial charge in [0.2, 0.25) is 0 Å². The number of hydrogen-bond donors (Lipinski definition) is 1. The van der Waals surface area contributed by atoms with Crippen molar-refractivity contribution in [3.8, 4) is 0 Å². The van der Waals surface area contributed by atoms with E-state index in [-0.39, 0.29) is 17.3 Å². The molecule has 1 amide bonds. The average molecular weight is 354 g/mol. The summed E-state index contributed by atoms with van der Waals surface area (Å²) in [5.74, 6) is -1.10. The van der Waals surface area contributed by atoms with Gasteiger partial charge in [0.25, 0.3) is 11.6 Å². The molecule has 0 radical (unpaired) electrons. The number of rotatable bonds is 5. The number of carbonyl (C=O) groups is 2. The number of carbonyl (C=O) groups excluding carboxylic acids is 2. The fraction of sp³-hybridized carbons (Fsp3) is 0.263. The lowest BCUT2D eigenvalue weighted by Crippen LogP contribution is -2.44. The molecule has 7 heteroatoms. The molecule has 0 aliphatic carbocycles. The summed E-state index contributed by atoms with van der Waals surface area (Å²) < 4.78 is 0. The Hall–Kier alpha value is -3.06. The number of amides is 1. The Bertz CT molecular complexity index is 908. The molecule has 0 aromatic heterocycles. The van der Waals surface area contributed by atoms with E-state index in [0.717, 1.165) is 6.07 Å². The van der Waals surface area contributed by atoms with Gasteiger partial charge in [0.15, 0.2) is 11.4 Å². The van der Waals surface area contributed by atoms with Crippen LogP contribution in [0.15, 0.2) is 48.5 Å². The van der Waals surface area contributed by atoms with Crippen LogP contribution < -0.4 is 4.90 Å². The van der Waals surface area contributed by atoms with Crippen LogP contribution in [-0.4, -0.2) is 27.8 Å². The van der Waals surface area contributed by atoms with Gasteiger partial charge < -0.3 is 10.0 Å². The molecule has 0 bridgehead atoms. The summed E-state index contributed by atoms with van der Waals surface area (Å²) in [6.07, 6.45) is -0.479. The van der Waals surface area contributed by atoms with Crippen molar-refractivity contribution in [1.29, 1.82) is 0 Å². The molecule has 134 valence electrons. The van der Waals surface area contributed by atoms with Gasteiger partial charge >= 0.3 is 0 Å². The van der Waals surface area contributed by atoms with Crippen molar-refractivity contribution in [2.24, 2.45) is 0 Å². The Kier molecular flexibility index (Phi) is 4.33. The molecule has 0 fully saturated rings. The van der Waals surface area contributed by atoms with Crippen molar-refractivity contribution in [3.63, 3.8) is 0 Å². The van der Waals surface area contributed by atoms with E-state index in [2.05, 4.69) is 0 Å². The summed E-state index contributed by atoms with van der Waals surface area (Å²) in [4.78, 5) is 37.3. The van der Waals surface area contributed by atoms with Crippen LogP contribution in [0.3, 0.4) is 0 Å². The number of para-hydroxylation sites is 1. The van der Waals surface area contributed by atoms with Gasteiger partial charge in [0.05, 0.1) is 17.0 Å². The number of nitrogens with zero attached hydrogens (tertiary/aromatic N) is 2. The Morgan fingerprint density at radius 1 is 1.23 bits per heavy atom. The third-order valence-electron chi connectivity index (χ3n) is 4.49.